The summed E-state index contributed by atoms with van der Waals surface area (Å²) in [4.78, 5) is 12.3. The van der Waals surface area contributed by atoms with Crippen molar-refractivity contribution in [1.82, 2.24) is 0 Å². The van der Waals surface area contributed by atoms with Crippen LogP contribution in [0.1, 0.15) is 17.3 Å². The fourth-order valence-electron chi connectivity index (χ4n) is 1.83. The first-order chi connectivity index (χ1) is 10.0. The molecule has 0 aliphatic carbocycles. The van der Waals surface area contributed by atoms with Crippen LogP contribution in [0.4, 0.5) is 15.8 Å². The van der Waals surface area contributed by atoms with Crippen LogP contribution >= 0.6 is 23.2 Å². The molecule has 0 saturated carbocycles. The first-order valence-corrected chi connectivity index (χ1v) is 7.06. The van der Waals surface area contributed by atoms with Gasteiger partial charge in [-0.2, -0.15) is 0 Å². The predicted octanol–water partition coefficient (Wildman–Crippen LogP) is 4.82. The van der Waals surface area contributed by atoms with Gasteiger partial charge in [-0.1, -0.05) is 23.2 Å². The Morgan fingerprint density at radius 3 is 2.48 bits per heavy atom. The van der Waals surface area contributed by atoms with E-state index in [9.17, 15) is 9.18 Å². The molecule has 0 atom stereocenters. The van der Waals surface area contributed by atoms with E-state index in [4.69, 9.17) is 23.2 Å². The van der Waals surface area contributed by atoms with Gasteiger partial charge in [-0.25, -0.2) is 4.39 Å². The van der Waals surface area contributed by atoms with Gasteiger partial charge in [0.25, 0.3) is 5.91 Å². The van der Waals surface area contributed by atoms with Crippen LogP contribution in [-0.4, -0.2) is 12.5 Å². The molecule has 1 amide bonds. The zero-order valence-corrected chi connectivity index (χ0v) is 12.7. The molecule has 2 aromatic carbocycles. The molecule has 2 rings (SSSR count). The average molecular weight is 327 g/mol. The second-order valence-corrected chi connectivity index (χ2v) is 5.17. The third kappa shape index (κ3) is 3.86. The van der Waals surface area contributed by atoms with Crippen molar-refractivity contribution >= 4 is 40.5 Å². The van der Waals surface area contributed by atoms with Gasteiger partial charge in [0, 0.05) is 22.3 Å². The molecule has 110 valence electrons. The second kappa shape index (κ2) is 6.78. The molecule has 0 bridgehead atoms. The first kappa shape index (κ1) is 15.6. The third-order valence-corrected chi connectivity index (χ3v) is 3.24. The number of benzene rings is 2. The maximum absolute atomic E-state index is 13.7. The predicted molar refractivity (Wildman–Crippen MR) is 85.0 cm³/mol. The van der Waals surface area contributed by atoms with Crippen molar-refractivity contribution in [3.05, 3.63) is 57.8 Å². The zero-order valence-electron chi connectivity index (χ0n) is 11.2. The van der Waals surface area contributed by atoms with Gasteiger partial charge in [-0.3, -0.25) is 4.79 Å². The van der Waals surface area contributed by atoms with E-state index in [1.807, 2.05) is 6.92 Å². The van der Waals surface area contributed by atoms with Gasteiger partial charge in [0.15, 0.2) is 0 Å². The van der Waals surface area contributed by atoms with E-state index in [0.29, 0.717) is 27.8 Å². The number of nitrogens with one attached hydrogen (secondary N) is 2. The lowest BCUT2D eigenvalue weighted by Crippen LogP contribution is -2.15. The molecule has 2 N–H and O–H groups in total. The molecule has 0 heterocycles. The van der Waals surface area contributed by atoms with E-state index in [-0.39, 0.29) is 5.69 Å². The third-order valence-electron chi connectivity index (χ3n) is 2.77. The Kier molecular flexibility index (Phi) is 5.04. The van der Waals surface area contributed by atoms with Crippen LogP contribution in [-0.2, 0) is 0 Å². The zero-order chi connectivity index (χ0) is 15.4. The van der Waals surface area contributed by atoms with Crippen LogP contribution < -0.4 is 10.6 Å². The molecule has 21 heavy (non-hydrogen) atoms. The van der Waals surface area contributed by atoms with E-state index in [0.717, 1.165) is 0 Å². The highest BCUT2D eigenvalue weighted by atomic mass is 35.5. The number of hydrogen-bond acceptors (Lipinski definition) is 2. The highest BCUT2D eigenvalue weighted by Crippen LogP contribution is 2.24. The molecule has 0 radical (unpaired) electrons. The molecule has 0 aliphatic rings. The molecule has 0 aliphatic heterocycles. The standard InChI is InChI=1S/C15H13Cl2FN2O/c1-2-19-13-6-4-9(16)7-11(13)15(21)20-14-8-10(17)3-5-12(14)18/h3-8,19H,2H2,1H3,(H,20,21). The lowest BCUT2D eigenvalue weighted by molar-refractivity contribution is 0.102. The van der Waals surface area contributed by atoms with Gasteiger partial charge in [0.2, 0.25) is 0 Å². The Morgan fingerprint density at radius 1 is 1.10 bits per heavy atom. The van der Waals surface area contributed by atoms with E-state index < -0.39 is 11.7 Å². The SMILES string of the molecule is CCNc1ccc(Cl)cc1C(=O)Nc1cc(Cl)ccc1F. The lowest BCUT2D eigenvalue weighted by atomic mass is 10.1. The minimum absolute atomic E-state index is 0.0231. The Labute approximate surface area is 132 Å². The van der Waals surface area contributed by atoms with E-state index in [1.54, 1.807) is 12.1 Å². The van der Waals surface area contributed by atoms with Crippen molar-refractivity contribution in [2.24, 2.45) is 0 Å². The number of amides is 1. The first-order valence-electron chi connectivity index (χ1n) is 6.31. The molecule has 0 aromatic heterocycles. The summed E-state index contributed by atoms with van der Waals surface area (Å²) in [6, 6.07) is 8.87. The summed E-state index contributed by atoms with van der Waals surface area (Å²) in [5.74, 6) is -1.02. The van der Waals surface area contributed by atoms with Crippen molar-refractivity contribution < 1.29 is 9.18 Å². The lowest BCUT2D eigenvalue weighted by Gasteiger charge is -2.12. The Morgan fingerprint density at radius 2 is 1.76 bits per heavy atom. The maximum atomic E-state index is 13.7. The van der Waals surface area contributed by atoms with Gasteiger partial charge in [0.05, 0.1) is 11.3 Å². The number of halogens is 3. The van der Waals surface area contributed by atoms with Crippen molar-refractivity contribution in [3.8, 4) is 0 Å². The van der Waals surface area contributed by atoms with Crippen molar-refractivity contribution in [3.63, 3.8) is 0 Å². The van der Waals surface area contributed by atoms with Gasteiger partial charge < -0.3 is 10.6 Å². The quantitative estimate of drug-likeness (QED) is 0.845. The fourth-order valence-corrected chi connectivity index (χ4v) is 2.18. The normalized spacial score (nSPS) is 10.3. The van der Waals surface area contributed by atoms with Gasteiger partial charge >= 0.3 is 0 Å². The largest absolute Gasteiger partial charge is 0.385 e. The van der Waals surface area contributed by atoms with Gasteiger partial charge in [0.1, 0.15) is 5.82 Å². The number of rotatable bonds is 4. The highest BCUT2D eigenvalue weighted by Gasteiger charge is 2.14. The Hall–Kier alpha value is -1.78. The number of hydrogen-bond donors (Lipinski definition) is 2. The minimum atomic E-state index is -0.556. The summed E-state index contributed by atoms with van der Waals surface area (Å²) in [6.07, 6.45) is 0. The second-order valence-electron chi connectivity index (χ2n) is 4.30. The smallest absolute Gasteiger partial charge is 0.257 e. The average Bonchev–Trinajstić information content (AvgIpc) is 2.45. The number of anilines is 2. The van der Waals surface area contributed by atoms with E-state index >= 15 is 0 Å². The minimum Gasteiger partial charge on any atom is -0.385 e. The van der Waals surface area contributed by atoms with Crippen molar-refractivity contribution in [2.45, 2.75) is 6.92 Å². The van der Waals surface area contributed by atoms with Crippen LogP contribution in [0.2, 0.25) is 10.0 Å². The molecule has 0 unspecified atom stereocenters. The van der Waals surface area contributed by atoms with Crippen molar-refractivity contribution in [1.29, 1.82) is 0 Å². The van der Waals surface area contributed by atoms with Gasteiger partial charge in [-0.15, -0.1) is 0 Å². The Balaban J connectivity index is 2.31. The van der Waals surface area contributed by atoms with E-state index in [2.05, 4.69) is 10.6 Å². The summed E-state index contributed by atoms with van der Waals surface area (Å²) < 4.78 is 13.7. The monoisotopic (exact) mass is 326 g/mol. The molecule has 6 heteroatoms. The summed E-state index contributed by atoms with van der Waals surface area (Å²) in [6.45, 7) is 2.56. The van der Waals surface area contributed by atoms with Crippen LogP contribution in [0.25, 0.3) is 0 Å². The molecule has 2 aromatic rings. The summed E-state index contributed by atoms with van der Waals surface area (Å²) in [5, 5.41) is 6.32. The van der Waals surface area contributed by atoms with Crippen LogP contribution in [0, 0.1) is 5.82 Å². The summed E-state index contributed by atoms with van der Waals surface area (Å²) in [5.41, 5.74) is 0.987. The van der Waals surface area contributed by atoms with Crippen LogP contribution in [0.5, 0.6) is 0 Å². The van der Waals surface area contributed by atoms with Crippen LogP contribution in [0.15, 0.2) is 36.4 Å². The number of carbonyl (C=O) groups excluding carboxylic acids is 1. The molecule has 0 fully saturated rings. The number of carbonyl (C=O) groups is 1. The molecule has 0 spiro atoms. The highest BCUT2D eigenvalue weighted by molar-refractivity contribution is 6.31. The van der Waals surface area contributed by atoms with Gasteiger partial charge in [-0.05, 0) is 43.3 Å². The molecular formula is C15H13Cl2FN2O. The van der Waals surface area contributed by atoms with E-state index in [1.165, 1.54) is 24.3 Å². The molecule has 0 saturated heterocycles. The topological polar surface area (TPSA) is 41.1 Å². The molecular weight excluding hydrogens is 314 g/mol. The maximum Gasteiger partial charge on any atom is 0.257 e. The Bertz CT molecular complexity index is 677. The fraction of sp³-hybridized carbons (Fsp3) is 0.133. The van der Waals surface area contributed by atoms with Crippen molar-refractivity contribution in [2.75, 3.05) is 17.2 Å². The van der Waals surface area contributed by atoms with Crippen LogP contribution in [0.3, 0.4) is 0 Å². The summed E-state index contributed by atoms with van der Waals surface area (Å²) in [7, 11) is 0. The molecule has 3 nitrogen and oxygen atoms in total. The summed E-state index contributed by atoms with van der Waals surface area (Å²) >= 11 is 11.7.